The highest BCUT2D eigenvalue weighted by molar-refractivity contribution is 4.65. The molecule has 0 aromatic rings. The summed E-state index contributed by atoms with van der Waals surface area (Å²) < 4.78 is 0. The van der Waals surface area contributed by atoms with E-state index in [1.807, 2.05) is 111 Å². The second kappa shape index (κ2) is 96.5. The third kappa shape index (κ3) is 112. The summed E-state index contributed by atoms with van der Waals surface area (Å²) in [6, 6.07) is 0. The van der Waals surface area contributed by atoms with Crippen molar-refractivity contribution in [3.63, 3.8) is 0 Å². The lowest BCUT2D eigenvalue weighted by atomic mass is 10.0. The second-order valence-electron chi connectivity index (χ2n) is 5.93. The average Bonchev–Trinajstić information content (AvgIpc) is 3.58. The first-order chi connectivity index (χ1) is 15.9. The van der Waals surface area contributed by atoms with Crippen LogP contribution in [0.3, 0.4) is 0 Å². The Balaban J connectivity index is -0.0000000335. The highest BCUT2D eigenvalue weighted by Crippen LogP contribution is 2.26. The van der Waals surface area contributed by atoms with Gasteiger partial charge < -0.3 is 0 Å². The van der Waals surface area contributed by atoms with Crippen molar-refractivity contribution in [3.8, 4) is 0 Å². The molecule has 4 saturated carbocycles. The normalized spacial score (nSPS) is 13.8. The van der Waals surface area contributed by atoms with E-state index in [1.54, 1.807) is 0 Å². The molecule has 0 aromatic heterocycles. The van der Waals surface area contributed by atoms with Gasteiger partial charge in [0, 0.05) is 0 Å². The molecule has 0 spiro atoms. The van der Waals surface area contributed by atoms with E-state index in [0.29, 0.717) is 0 Å². The maximum Gasteiger partial charge on any atom is -0.0443 e. The highest BCUT2D eigenvalue weighted by atomic mass is 14.2. The maximum atomic E-state index is 2.28. The molecule has 0 nitrogen and oxygen atoms in total. The molecule has 0 N–H and O–H groups in total. The minimum atomic E-state index is 1.08. The molecule has 0 unspecified atom stereocenters. The fourth-order valence-electron chi connectivity index (χ4n) is 0.917. The standard InChI is InChI=1S/4C4H8.8C2H6/c1-4-2-3-4;3*1-2-4-3-1;8*1-2/h4H,2-3H2,1H3;3*1-4H2;8*1-2H3. The monoisotopic (exact) mass is 465 g/mol. The van der Waals surface area contributed by atoms with Crippen LogP contribution < -0.4 is 0 Å². The Morgan fingerprint density at radius 1 is 0.250 bits per heavy atom. The Morgan fingerprint density at radius 3 is 0.312 bits per heavy atom. The van der Waals surface area contributed by atoms with Crippen LogP contribution in [-0.2, 0) is 0 Å². The van der Waals surface area contributed by atoms with E-state index in [1.165, 1.54) is 89.9 Å². The minimum absolute atomic E-state index is 1.08. The largest absolute Gasteiger partial charge is 0.0683 e. The molecule has 0 radical (unpaired) electrons. The van der Waals surface area contributed by atoms with Gasteiger partial charge in [0.2, 0.25) is 0 Å². The van der Waals surface area contributed by atoms with Crippen molar-refractivity contribution in [2.45, 2.75) is 208 Å². The van der Waals surface area contributed by atoms with E-state index in [-0.39, 0.29) is 0 Å². The molecule has 0 saturated heterocycles. The molecule has 4 aliphatic rings. The van der Waals surface area contributed by atoms with E-state index in [0.717, 1.165) is 5.92 Å². The zero-order valence-electron chi connectivity index (χ0n) is 27.5. The summed E-state index contributed by atoms with van der Waals surface area (Å²) >= 11 is 0. The van der Waals surface area contributed by atoms with Crippen LogP contribution in [0.2, 0.25) is 0 Å². The predicted molar refractivity (Wildman–Crippen MR) is 165 cm³/mol. The van der Waals surface area contributed by atoms with Crippen molar-refractivity contribution < 1.29 is 0 Å². The van der Waals surface area contributed by atoms with Crippen molar-refractivity contribution in [2.24, 2.45) is 5.92 Å². The van der Waals surface area contributed by atoms with Gasteiger partial charge in [-0.05, 0) is 5.92 Å². The van der Waals surface area contributed by atoms with Gasteiger partial charge in [-0.25, -0.2) is 0 Å². The summed E-state index contributed by atoms with van der Waals surface area (Å²) in [7, 11) is 0. The van der Waals surface area contributed by atoms with Gasteiger partial charge in [0.15, 0.2) is 0 Å². The molecule has 0 heterocycles. The van der Waals surface area contributed by atoms with E-state index in [4.69, 9.17) is 0 Å². The van der Waals surface area contributed by atoms with Crippen LogP contribution in [-0.4, -0.2) is 0 Å². The zero-order valence-corrected chi connectivity index (χ0v) is 27.5. The Labute approximate surface area is 213 Å². The van der Waals surface area contributed by atoms with Crippen LogP contribution in [0.25, 0.3) is 0 Å². The third-order valence-electron chi connectivity index (χ3n) is 3.87. The lowest BCUT2D eigenvalue weighted by Gasteiger charge is -2.05. The fraction of sp³-hybridized carbons (Fsp3) is 1.00. The van der Waals surface area contributed by atoms with E-state index >= 15 is 0 Å². The second-order valence-corrected chi connectivity index (χ2v) is 5.93. The van der Waals surface area contributed by atoms with Gasteiger partial charge in [0.1, 0.15) is 0 Å². The summed E-state index contributed by atoms with van der Waals surface area (Å²) in [5.41, 5.74) is 0. The van der Waals surface area contributed by atoms with E-state index < -0.39 is 0 Å². The lowest BCUT2D eigenvalue weighted by Crippen LogP contribution is -1.85. The Kier molecular flexibility index (Phi) is 161. The molecule has 4 aliphatic carbocycles. The van der Waals surface area contributed by atoms with E-state index in [9.17, 15) is 0 Å². The smallest absolute Gasteiger partial charge is 0.0443 e. The highest BCUT2D eigenvalue weighted by Gasteiger charge is 2.12. The molecular weight excluding hydrogens is 384 g/mol. The Morgan fingerprint density at radius 2 is 0.312 bits per heavy atom. The number of hydrogen-bond acceptors (Lipinski definition) is 0. The summed E-state index contributed by atoms with van der Waals surface area (Å²) in [6.07, 6.45) is 21.0. The van der Waals surface area contributed by atoms with Gasteiger partial charge in [0.25, 0.3) is 0 Å². The van der Waals surface area contributed by atoms with Gasteiger partial charge in [-0.15, -0.1) is 0 Å². The van der Waals surface area contributed by atoms with Crippen LogP contribution in [0, 0.1) is 5.92 Å². The predicted octanol–water partition coefficient (Wildman–Crippen LogP) is 14.3. The summed E-state index contributed by atoms with van der Waals surface area (Å²) in [5, 5.41) is 0. The molecule has 4 rings (SSSR count). The number of hydrogen-bond donors (Lipinski definition) is 0. The summed E-state index contributed by atoms with van der Waals surface area (Å²) in [4.78, 5) is 0. The summed E-state index contributed by atoms with van der Waals surface area (Å²) in [5.74, 6) is 1.08. The molecule has 0 bridgehead atoms. The third-order valence-corrected chi connectivity index (χ3v) is 3.87. The topological polar surface area (TPSA) is 0 Å². The molecule has 32 heavy (non-hydrogen) atoms. The molecule has 0 aliphatic heterocycles. The van der Waals surface area contributed by atoms with Gasteiger partial charge in [-0.2, -0.15) is 0 Å². The number of rotatable bonds is 0. The lowest BCUT2D eigenvalue weighted by molar-refractivity contribution is 0.504. The molecule has 0 atom stereocenters. The van der Waals surface area contributed by atoms with Gasteiger partial charge >= 0.3 is 0 Å². The van der Waals surface area contributed by atoms with Crippen LogP contribution in [0.1, 0.15) is 208 Å². The average molecular weight is 465 g/mol. The van der Waals surface area contributed by atoms with Gasteiger partial charge in [0.05, 0.1) is 0 Å². The molecule has 0 amide bonds. The van der Waals surface area contributed by atoms with Crippen molar-refractivity contribution in [3.05, 3.63) is 0 Å². The van der Waals surface area contributed by atoms with Crippen molar-refractivity contribution in [1.29, 1.82) is 0 Å². The van der Waals surface area contributed by atoms with Crippen molar-refractivity contribution in [2.75, 3.05) is 0 Å². The Hall–Kier alpha value is 0. The molecule has 208 valence electrons. The molecule has 0 aromatic carbocycles. The maximum absolute atomic E-state index is 2.28. The quantitative estimate of drug-likeness (QED) is 0.334. The van der Waals surface area contributed by atoms with E-state index in [2.05, 4.69) is 6.92 Å². The van der Waals surface area contributed by atoms with Crippen LogP contribution in [0.5, 0.6) is 0 Å². The summed E-state index contributed by atoms with van der Waals surface area (Å²) in [6.45, 7) is 34.3. The van der Waals surface area contributed by atoms with Crippen molar-refractivity contribution in [1.82, 2.24) is 0 Å². The van der Waals surface area contributed by atoms with Gasteiger partial charge in [-0.3, -0.25) is 0 Å². The van der Waals surface area contributed by atoms with Gasteiger partial charge in [-0.1, -0.05) is 208 Å². The first kappa shape index (κ1) is 53.4. The van der Waals surface area contributed by atoms with Crippen LogP contribution in [0.15, 0.2) is 0 Å². The molecule has 4 fully saturated rings. The molecular formula is C32H80. The van der Waals surface area contributed by atoms with Crippen molar-refractivity contribution >= 4 is 0 Å². The zero-order chi connectivity index (χ0) is 27.5. The van der Waals surface area contributed by atoms with Crippen LogP contribution >= 0.6 is 0 Å². The minimum Gasteiger partial charge on any atom is -0.0683 e. The SMILES string of the molecule is C1CCC1.C1CCC1.C1CCC1.CC.CC.CC.CC.CC.CC.CC.CC.CC1CC1. The van der Waals surface area contributed by atoms with Crippen LogP contribution in [0.4, 0.5) is 0 Å². The fourth-order valence-corrected chi connectivity index (χ4v) is 0.917. The first-order valence-corrected chi connectivity index (χ1v) is 15.9. The Bertz CT molecular complexity index is 92.0. The first-order valence-electron chi connectivity index (χ1n) is 15.9. The molecule has 0 heteroatoms.